The van der Waals surface area contributed by atoms with Crippen LogP contribution in [0.15, 0.2) is 35.8 Å². The first kappa shape index (κ1) is 16.1. The highest BCUT2D eigenvalue weighted by molar-refractivity contribution is 5.76. The van der Waals surface area contributed by atoms with Gasteiger partial charge in [0.1, 0.15) is 18.8 Å². The third kappa shape index (κ3) is 3.23. The van der Waals surface area contributed by atoms with Gasteiger partial charge in [0.2, 0.25) is 5.91 Å². The number of hydrogen-bond acceptors (Lipinski definition) is 7. The predicted octanol–water partition coefficient (Wildman–Crippen LogP) is -1.13. The molecule has 1 aliphatic rings. The quantitative estimate of drug-likeness (QED) is 0.568. The van der Waals surface area contributed by atoms with Crippen LogP contribution in [0.25, 0.3) is 0 Å². The number of carbonyl (C=O) groups excluding carboxylic acids is 1. The number of aryl methyl sites for hydroxylation is 1. The summed E-state index contributed by atoms with van der Waals surface area (Å²) in [6.07, 6.45) is 6.45. The molecule has 0 atom stereocenters. The summed E-state index contributed by atoms with van der Waals surface area (Å²) in [4.78, 5) is 31.4. The molecular formula is C15H17N9O2. The van der Waals surface area contributed by atoms with Gasteiger partial charge in [0.05, 0.1) is 31.0 Å². The van der Waals surface area contributed by atoms with Gasteiger partial charge in [-0.3, -0.25) is 14.2 Å². The van der Waals surface area contributed by atoms with Crippen molar-refractivity contribution in [1.29, 1.82) is 0 Å². The Bertz CT molecular complexity index is 969. The van der Waals surface area contributed by atoms with Gasteiger partial charge in [-0.2, -0.15) is 15.0 Å². The summed E-state index contributed by atoms with van der Waals surface area (Å²) in [5.74, 6) is -0.116. The maximum atomic E-state index is 12.3. The molecule has 26 heavy (non-hydrogen) atoms. The molecule has 11 heteroatoms. The van der Waals surface area contributed by atoms with E-state index in [9.17, 15) is 9.59 Å². The van der Waals surface area contributed by atoms with E-state index in [1.54, 1.807) is 28.9 Å². The summed E-state index contributed by atoms with van der Waals surface area (Å²) in [7, 11) is 0. The summed E-state index contributed by atoms with van der Waals surface area (Å²) in [5.41, 5.74) is 1.16. The zero-order valence-electron chi connectivity index (χ0n) is 14.1. The highest BCUT2D eigenvalue weighted by Crippen LogP contribution is 2.20. The van der Waals surface area contributed by atoms with Gasteiger partial charge in [0.25, 0.3) is 5.56 Å². The second-order valence-electron chi connectivity index (χ2n) is 6.20. The Kier molecular flexibility index (Phi) is 4.03. The van der Waals surface area contributed by atoms with Crippen molar-refractivity contribution >= 4 is 5.91 Å². The monoisotopic (exact) mass is 355 g/mol. The van der Waals surface area contributed by atoms with E-state index in [1.807, 2.05) is 6.20 Å². The Morgan fingerprint density at radius 1 is 1.27 bits per heavy atom. The molecule has 4 rings (SSSR count). The lowest BCUT2D eigenvalue weighted by molar-refractivity contribution is -0.137. The van der Waals surface area contributed by atoms with Crippen molar-refractivity contribution in [3.8, 4) is 0 Å². The van der Waals surface area contributed by atoms with Crippen molar-refractivity contribution in [3.05, 3.63) is 52.7 Å². The van der Waals surface area contributed by atoms with E-state index in [0.717, 1.165) is 5.69 Å². The number of rotatable bonds is 5. The molecule has 11 nitrogen and oxygen atoms in total. The second-order valence-corrected chi connectivity index (χ2v) is 6.20. The largest absolute Gasteiger partial charge is 0.337 e. The molecule has 1 aliphatic heterocycles. The molecule has 0 unspecified atom stereocenters. The van der Waals surface area contributed by atoms with Gasteiger partial charge in [-0.25, -0.2) is 9.67 Å². The zero-order chi connectivity index (χ0) is 18.1. The van der Waals surface area contributed by atoms with Crippen LogP contribution in [-0.2, 0) is 17.9 Å². The maximum absolute atomic E-state index is 12.3. The first-order valence-corrected chi connectivity index (χ1v) is 8.14. The highest BCUT2D eigenvalue weighted by atomic mass is 16.2. The average Bonchev–Trinajstić information content (AvgIpc) is 3.21. The van der Waals surface area contributed by atoms with Crippen molar-refractivity contribution < 1.29 is 4.79 Å². The van der Waals surface area contributed by atoms with E-state index < -0.39 is 0 Å². The zero-order valence-corrected chi connectivity index (χ0v) is 14.1. The molecule has 4 heterocycles. The fourth-order valence-corrected chi connectivity index (χ4v) is 2.74. The molecule has 0 radical (unpaired) electrons. The molecule has 3 aromatic rings. The van der Waals surface area contributed by atoms with E-state index in [2.05, 4.69) is 25.5 Å². The van der Waals surface area contributed by atoms with Crippen LogP contribution in [-0.4, -0.2) is 63.4 Å². The van der Waals surface area contributed by atoms with E-state index in [4.69, 9.17) is 0 Å². The van der Waals surface area contributed by atoms with Crippen LogP contribution in [0.3, 0.4) is 0 Å². The van der Waals surface area contributed by atoms with Crippen LogP contribution in [0.4, 0.5) is 0 Å². The Morgan fingerprint density at radius 2 is 2.04 bits per heavy atom. The number of amides is 1. The molecule has 1 fully saturated rings. The lowest BCUT2D eigenvalue weighted by Gasteiger charge is -2.38. The third-order valence-electron chi connectivity index (χ3n) is 4.24. The molecule has 0 spiro atoms. The number of hydrogen-bond donors (Lipinski definition) is 0. The minimum atomic E-state index is -0.226. The minimum absolute atomic E-state index is 0.00753. The van der Waals surface area contributed by atoms with Crippen LogP contribution >= 0.6 is 0 Å². The van der Waals surface area contributed by atoms with Crippen molar-refractivity contribution in [3.63, 3.8) is 0 Å². The molecule has 0 aliphatic carbocycles. The molecule has 0 bridgehead atoms. The number of carbonyl (C=O) groups is 1. The van der Waals surface area contributed by atoms with Crippen LogP contribution < -0.4 is 5.56 Å². The van der Waals surface area contributed by atoms with Crippen LogP contribution in [0.2, 0.25) is 0 Å². The highest BCUT2D eigenvalue weighted by Gasteiger charge is 2.32. The summed E-state index contributed by atoms with van der Waals surface area (Å²) in [5, 5.41) is 16.3. The standard InChI is InChI=1S/C15H17N9O2/c1-11-4-14(25)22(10-16-11)9-15(26)21-7-13(8-21)23-5-12(19-20-23)6-24-17-2-3-18-24/h2-5,10,13H,6-9H2,1H3. The lowest BCUT2D eigenvalue weighted by atomic mass is 10.1. The summed E-state index contributed by atoms with van der Waals surface area (Å²) in [6, 6.07) is 1.50. The van der Waals surface area contributed by atoms with E-state index in [-0.39, 0.29) is 24.1 Å². The molecule has 3 aromatic heterocycles. The summed E-state index contributed by atoms with van der Waals surface area (Å²) >= 11 is 0. The summed E-state index contributed by atoms with van der Waals surface area (Å²) < 4.78 is 3.07. The lowest BCUT2D eigenvalue weighted by Crippen LogP contribution is -2.52. The Labute approximate surface area is 147 Å². The van der Waals surface area contributed by atoms with Crippen molar-refractivity contribution in [2.24, 2.45) is 0 Å². The van der Waals surface area contributed by atoms with Gasteiger partial charge in [-0.1, -0.05) is 5.21 Å². The number of aromatic nitrogens is 8. The average molecular weight is 355 g/mol. The molecule has 134 valence electrons. The smallest absolute Gasteiger partial charge is 0.253 e. The first-order valence-electron chi connectivity index (χ1n) is 8.14. The first-order chi connectivity index (χ1) is 12.6. The molecular weight excluding hydrogens is 338 g/mol. The van der Waals surface area contributed by atoms with Gasteiger partial charge in [0, 0.05) is 24.8 Å². The van der Waals surface area contributed by atoms with Gasteiger partial charge < -0.3 is 4.90 Å². The third-order valence-corrected chi connectivity index (χ3v) is 4.24. The normalized spacial score (nSPS) is 14.4. The molecule has 1 amide bonds. The van der Waals surface area contributed by atoms with Gasteiger partial charge in [-0.15, -0.1) is 5.10 Å². The second kappa shape index (κ2) is 6.50. The van der Waals surface area contributed by atoms with E-state index in [0.29, 0.717) is 25.3 Å². The topological polar surface area (TPSA) is 117 Å². The van der Waals surface area contributed by atoms with Crippen LogP contribution in [0.1, 0.15) is 17.4 Å². The fourth-order valence-electron chi connectivity index (χ4n) is 2.74. The van der Waals surface area contributed by atoms with Crippen molar-refractivity contribution in [2.45, 2.75) is 26.1 Å². The van der Waals surface area contributed by atoms with Gasteiger partial charge >= 0.3 is 0 Å². The number of nitrogens with zero attached hydrogens (tertiary/aromatic N) is 9. The Balaban J connectivity index is 1.33. The van der Waals surface area contributed by atoms with E-state index >= 15 is 0 Å². The Morgan fingerprint density at radius 3 is 2.77 bits per heavy atom. The van der Waals surface area contributed by atoms with Crippen molar-refractivity contribution in [1.82, 2.24) is 44.4 Å². The van der Waals surface area contributed by atoms with Gasteiger partial charge in [-0.05, 0) is 6.92 Å². The molecule has 0 N–H and O–H groups in total. The van der Waals surface area contributed by atoms with Crippen molar-refractivity contribution in [2.75, 3.05) is 13.1 Å². The molecule has 0 aromatic carbocycles. The predicted molar refractivity (Wildman–Crippen MR) is 88.0 cm³/mol. The molecule has 0 saturated carbocycles. The fraction of sp³-hybridized carbons (Fsp3) is 0.400. The Hall–Kier alpha value is -3.37. The van der Waals surface area contributed by atoms with Crippen LogP contribution in [0.5, 0.6) is 0 Å². The summed E-state index contributed by atoms with van der Waals surface area (Å²) in [6.45, 7) is 3.26. The van der Waals surface area contributed by atoms with E-state index in [1.165, 1.54) is 21.8 Å². The SMILES string of the molecule is Cc1cc(=O)n(CC(=O)N2CC(n3cc(Cn4nccn4)nn3)C2)cn1. The maximum Gasteiger partial charge on any atom is 0.253 e. The minimum Gasteiger partial charge on any atom is -0.337 e. The van der Waals surface area contributed by atoms with Crippen LogP contribution in [0, 0.1) is 6.92 Å². The number of likely N-dealkylation sites (tertiary alicyclic amines) is 1. The van der Waals surface area contributed by atoms with Gasteiger partial charge in [0.15, 0.2) is 0 Å². The molecule has 1 saturated heterocycles.